The number of anilines is 1. The van der Waals surface area contributed by atoms with Gasteiger partial charge in [0.1, 0.15) is 11.5 Å². The van der Waals surface area contributed by atoms with E-state index < -0.39 is 0 Å². The topological polar surface area (TPSA) is 70.2 Å². The first-order valence-corrected chi connectivity index (χ1v) is 6.18. The van der Waals surface area contributed by atoms with Crippen molar-refractivity contribution in [2.45, 2.75) is 26.8 Å². The number of aromatic amines is 1. The molecule has 1 unspecified atom stereocenters. The molecule has 0 saturated carbocycles. The number of aromatic nitrogens is 2. The number of nitrogens with one attached hydrogen (secondary N) is 2. The Morgan fingerprint density at radius 2 is 2.11 bits per heavy atom. The molecule has 5 heteroatoms. The van der Waals surface area contributed by atoms with Crippen LogP contribution in [0.15, 0.2) is 18.2 Å². The van der Waals surface area contributed by atoms with Crippen molar-refractivity contribution < 1.29 is 9.84 Å². The van der Waals surface area contributed by atoms with Gasteiger partial charge in [-0.1, -0.05) is 0 Å². The number of rotatable bonds is 4. The summed E-state index contributed by atoms with van der Waals surface area (Å²) in [6, 6.07) is 5.28. The minimum atomic E-state index is -0.0269. The van der Waals surface area contributed by atoms with Gasteiger partial charge in [0.15, 0.2) is 0 Å². The highest BCUT2D eigenvalue weighted by Gasteiger charge is 2.14. The Labute approximate surface area is 112 Å². The lowest BCUT2D eigenvalue weighted by Crippen LogP contribution is -2.08. The normalized spacial score (nSPS) is 12.2. The molecular weight excluding hydrogens is 242 g/mol. The molecule has 3 N–H and O–H groups in total. The predicted molar refractivity (Wildman–Crippen MR) is 74.8 cm³/mol. The van der Waals surface area contributed by atoms with Gasteiger partial charge >= 0.3 is 0 Å². The Morgan fingerprint density at radius 1 is 1.37 bits per heavy atom. The third-order valence-corrected chi connectivity index (χ3v) is 3.19. The number of aromatic hydroxyl groups is 1. The number of benzene rings is 1. The summed E-state index contributed by atoms with van der Waals surface area (Å²) < 4.78 is 5.08. The van der Waals surface area contributed by atoms with Crippen molar-refractivity contribution in [3.63, 3.8) is 0 Å². The Bertz CT molecular complexity index is 559. The molecule has 5 nitrogen and oxygen atoms in total. The molecule has 0 bridgehead atoms. The molecule has 2 aromatic rings. The smallest absolute Gasteiger partial charge is 0.124 e. The van der Waals surface area contributed by atoms with E-state index in [2.05, 4.69) is 15.5 Å². The van der Waals surface area contributed by atoms with Crippen LogP contribution >= 0.6 is 0 Å². The molecule has 1 aromatic heterocycles. The van der Waals surface area contributed by atoms with Gasteiger partial charge in [0.25, 0.3) is 0 Å². The van der Waals surface area contributed by atoms with Crippen LogP contribution in [0.3, 0.4) is 0 Å². The van der Waals surface area contributed by atoms with E-state index in [1.807, 2.05) is 32.9 Å². The molecule has 0 fully saturated rings. The second-order valence-electron chi connectivity index (χ2n) is 4.60. The molecule has 2 rings (SSSR count). The molecule has 1 heterocycles. The molecule has 0 radical (unpaired) electrons. The van der Waals surface area contributed by atoms with Crippen molar-refractivity contribution in [1.82, 2.24) is 10.2 Å². The van der Waals surface area contributed by atoms with Crippen LogP contribution in [-0.2, 0) is 0 Å². The number of H-pyrrole nitrogens is 1. The summed E-state index contributed by atoms with van der Waals surface area (Å²) in [5, 5.41) is 20.4. The van der Waals surface area contributed by atoms with Gasteiger partial charge in [-0.05, 0) is 32.9 Å². The molecule has 0 aliphatic carbocycles. The SMILES string of the molecule is COc1ccc(C(C)Nc2c(C)n[nH]c2C)c(O)c1. The van der Waals surface area contributed by atoms with Crippen LogP contribution < -0.4 is 10.1 Å². The maximum Gasteiger partial charge on any atom is 0.124 e. The molecule has 0 spiro atoms. The Morgan fingerprint density at radius 3 is 2.63 bits per heavy atom. The van der Waals surface area contributed by atoms with Crippen molar-refractivity contribution in [1.29, 1.82) is 0 Å². The third kappa shape index (κ3) is 2.65. The maximum atomic E-state index is 10.0. The summed E-state index contributed by atoms with van der Waals surface area (Å²) in [4.78, 5) is 0. The first kappa shape index (κ1) is 13.3. The number of methoxy groups -OCH3 is 1. The molecule has 0 aliphatic rings. The average molecular weight is 261 g/mol. The molecule has 1 aromatic carbocycles. The van der Waals surface area contributed by atoms with E-state index in [0.29, 0.717) is 5.75 Å². The second-order valence-corrected chi connectivity index (χ2v) is 4.60. The molecule has 1 atom stereocenters. The van der Waals surface area contributed by atoms with E-state index >= 15 is 0 Å². The predicted octanol–water partition coefficient (Wildman–Crippen LogP) is 2.91. The van der Waals surface area contributed by atoms with E-state index in [1.165, 1.54) is 0 Å². The van der Waals surface area contributed by atoms with E-state index in [-0.39, 0.29) is 11.8 Å². The fourth-order valence-corrected chi connectivity index (χ4v) is 2.07. The first-order valence-electron chi connectivity index (χ1n) is 6.18. The van der Waals surface area contributed by atoms with Crippen LogP contribution in [0.25, 0.3) is 0 Å². The molecule has 102 valence electrons. The molecular formula is C14H19N3O2. The van der Waals surface area contributed by atoms with Gasteiger partial charge < -0.3 is 15.2 Å². The summed E-state index contributed by atoms with van der Waals surface area (Å²) in [6.45, 7) is 5.89. The number of ether oxygens (including phenoxy) is 1. The lowest BCUT2D eigenvalue weighted by molar-refractivity contribution is 0.406. The van der Waals surface area contributed by atoms with Crippen molar-refractivity contribution in [2.75, 3.05) is 12.4 Å². The highest BCUT2D eigenvalue weighted by atomic mass is 16.5. The number of phenols is 1. The molecule has 0 amide bonds. The fraction of sp³-hybridized carbons (Fsp3) is 0.357. The summed E-state index contributed by atoms with van der Waals surface area (Å²) in [6.07, 6.45) is 0. The van der Waals surface area contributed by atoms with E-state index in [4.69, 9.17) is 4.74 Å². The first-order chi connectivity index (χ1) is 9.02. The van der Waals surface area contributed by atoms with Crippen LogP contribution in [0.5, 0.6) is 11.5 Å². The van der Waals surface area contributed by atoms with Crippen molar-refractivity contribution in [2.24, 2.45) is 0 Å². The van der Waals surface area contributed by atoms with Crippen molar-refractivity contribution >= 4 is 5.69 Å². The third-order valence-electron chi connectivity index (χ3n) is 3.19. The van der Waals surface area contributed by atoms with Crippen molar-refractivity contribution in [3.05, 3.63) is 35.2 Å². The van der Waals surface area contributed by atoms with Gasteiger partial charge in [-0.3, -0.25) is 5.10 Å². The molecule has 0 aliphatic heterocycles. The van der Waals surface area contributed by atoms with Crippen molar-refractivity contribution in [3.8, 4) is 11.5 Å². The fourth-order valence-electron chi connectivity index (χ4n) is 2.07. The van der Waals surface area contributed by atoms with Gasteiger partial charge in [0.05, 0.1) is 30.2 Å². The minimum Gasteiger partial charge on any atom is -0.507 e. The Hall–Kier alpha value is -2.17. The largest absolute Gasteiger partial charge is 0.507 e. The zero-order valence-corrected chi connectivity index (χ0v) is 11.6. The number of hydrogen-bond acceptors (Lipinski definition) is 4. The zero-order valence-electron chi connectivity index (χ0n) is 11.6. The van der Waals surface area contributed by atoms with Gasteiger partial charge in [-0.25, -0.2) is 0 Å². The molecule has 0 saturated heterocycles. The lowest BCUT2D eigenvalue weighted by Gasteiger charge is -2.17. The number of hydrogen-bond donors (Lipinski definition) is 3. The number of phenolic OH excluding ortho intramolecular Hbond substituents is 1. The van der Waals surface area contributed by atoms with E-state index in [1.54, 1.807) is 13.2 Å². The highest BCUT2D eigenvalue weighted by molar-refractivity contribution is 5.54. The summed E-state index contributed by atoms with van der Waals surface area (Å²) >= 11 is 0. The lowest BCUT2D eigenvalue weighted by atomic mass is 10.1. The van der Waals surface area contributed by atoms with Crippen LogP contribution in [0.4, 0.5) is 5.69 Å². The summed E-state index contributed by atoms with van der Waals surface area (Å²) in [7, 11) is 1.58. The van der Waals surface area contributed by atoms with Gasteiger partial charge in [-0.2, -0.15) is 5.10 Å². The summed E-state index contributed by atoms with van der Waals surface area (Å²) in [5.74, 6) is 0.863. The van der Waals surface area contributed by atoms with Gasteiger partial charge in [0, 0.05) is 11.6 Å². The monoisotopic (exact) mass is 261 g/mol. The van der Waals surface area contributed by atoms with Gasteiger partial charge in [0.2, 0.25) is 0 Å². The summed E-state index contributed by atoms with van der Waals surface area (Å²) in [5.41, 5.74) is 3.69. The maximum absolute atomic E-state index is 10.0. The Balaban J connectivity index is 2.23. The second kappa shape index (κ2) is 5.22. The van der Waals surface area contributed by atoms with Crippen LogP contribution in [0.1, 0.15) is 29.9 Å². The average Bonchev–Trinajstić information content (AvgIpc) is 2.70. The quantitative estimate of drug-likeness (QED) is 0.791. The Kier molecular flexibility index (Phi) is 3.64. The van der Waals surface area contributed by atoms with Gasteiger partial charge in [-0.15, -0.1) is 0 Å². The standard InChI is InChI=1S/C14H19N3O2/c1-8(15-14-9(2)16-17-10(14)3)12-6-5-11(19-4)7-13(12)18/h5-8,15,18H,1-4H3,(H,16,17). The molecule has 19 heavy (non-hydrogen) atoms. The van der Waals surface area contributed by atoms with Crippen LogP contribution in [0.2, 0.25) is 0 Å². The van der Waals surface area contributed by atoms with E-state index in [9.17, 15) is 5.11 Å². The van der Waals surface area contributed by atoms with E-state index in [0.717, 1.165) is 22.6 Å². The zero-order chi connectivity index (χ0) is 14.0. The number of nitrogens with zero attached hydrogens (tertiary/aromatic N) is 1. The number of aryl methyl sites for hydroxylation is 2. The van der Waals surface area contributed by atoms with Crippen LogP contribution in [0, 0.1) is 13.8 Å². The highest BCUT2D eigenvalue weighted by Crippen LogP contribution is 2.31. The minimum absolute atomic E-state index is 0.0269. The van der Waals surface area contributed by atoms with Crippen LogP contribution in [-0.4, -0.2) is 22.4 Å².